The number of hydrogen-bond donors (Lipinski definition) is 2. The Morgan fingerprint density at radius 2 is 1.84 bits per heavy atom. The normalized spacial score (nSPS) is 23.3. The first-order valence-corrected chi connectivity index (χ1v) is 11.2. The molecule has 3 heterocycles. The molecule has 3 aliphatic heterocycles. The van der Waals surface area contributed by atoms with E-state index in [4.69, 9.17) is 4.74 Å². The standard InChI is InChI=1S/C22H31F3N4O2/c23-22(24,25)17-5-6-19(28-8-1-2-9-28)18(13-17)27-21(30)26-14-20(16-7-12-31-15-16)29-10-3-4-11-29/h5-6,13,16,20H,1-4,7-12,14-15H2,(H2,26,27,30)/t16-,20-/m0/s1. The molecule has 1 aromatic carbocycles. The third-order valence-electron chi connectivity index (χ3n) is 6.61. The monoisotopic (exact) mass is 440 g/mol. The molecule has 3 saturated heterocycles. The highest BCUT2D eigenvalue weighted by atomic mass is 19.4. The van der Waals surface area contributed by atoms with Crippen LogP contribution in [0.4, 0.5) is 29.3 Å². The molecule has 0 radical (unpaired) electrons. The molecule has 0 bridgehead atoms. The van der Waals surface area contributed by atoms with Crippen LogP contribution in [-0.4, -0.2) is 62.9 Å². The van der Waals surface area contributed by atoms with Crippen LogP contribution in [0.25, 0.3) is 0 Å². The molecule has 0 unspecified atom stereocenters. The van der Waals surface area contributed by atoms with Gasteiger partial charge in [-0.1, -0.05) is 0 Å². The minimum absolute atomic E-state index is 0.190. The predicted molar refractivity (Wildman–Crippen MR) is 113 cm³/mol. The number of hydrogen-bond acceptors (Lipinski definition) is 4. The van der Waals surface area contributed by atoms with Crippen molar-refractivity contribution < 1.29 is 22.7 Å². The number of carbonyl (C=O) groups excluding carboxylic acids is 1. The Bertz CT molecular complexity index is 740. The van der Waals surface area contributed by atoms with Gasteiger partial charge in [-0.3, -0.25) is 4.90 Å². The molecule has 31 heavy (non-hydrogen) atoms. The van der Waals surface area contributed by atoms with E-state index in [-0.39, 0.29) is 11.7 Å². The molecule has 172 valence electrons. The summed E-state index contributed by atoms with van der Waals surface area (Å²) < 4.78 is 45.3. The highest BCUT2D eigenvalue weighted by Crippen LogP contribution is 2.36. The second-order valence-electron chi connectivity index (χ2n) is 8.69. The topological polar surface area (TPSA) is 56.8 Å². The number of rotatable bonds is 6. The van der Waals surface area contributed by atoms with Crippen molar-refractivity contribution in [2.45, 2.75) is 44.3 Å². The smallest absolute Gasteiger partial charge is 0.381 e. The van der Waals surface area contributed by atoms with Crippen molar-refractivity contribution in [2.75, 3.05) is 56.2 Å². The third-order valence-corrected chi connectivity index (χ3v) is 6.61. The maximum atomic E-state index is 13.3. The summed E-state index contributed by atoms with van der Waals surface area (Å²) in [6.07, 6.45) is 0.803. The summed E-state index contributed by atoms with van der Waals surface area (Å²) >= 11 is 0. The van der Waals surface area contributed by atoms with Crippen molar-refractivity contribution >= 4 is 17.4 Å². The van der Waals surface area contributed by atoms with Gasteiger partial charge in [-0.2, -0.15) is 13.2 Å². The Hall–Kier alpha value is -2.00. The second kappa shape index (κ2) is 9.65. The zero-order chi connectivity index (χ0) is 21.8. The lowest BCUT2D eigenvalue weighted by molar-refractivity contribution is -0.137. The van der Waals surface area contributed by atoms with Crippen LogP contribution in [0.1, 0.15) is 37.7 Å². The lowest BCUT2D eigenvalue weighted by Gasteiger charge is -2.32. The van der Waals surface area contributed by atoms with E-state index in [0.717, 1.165) is 77.0 Å². The second-order valence-corrected chi connectivity index (χ2v) is 8.69. The molecular weight excluding hydrogens is 409 g/mol. The minimum Gasteiger partial charge on any atom is -0.381 e. The minimum atomic E-state index is -4.46. The Labute approximate surface area is 181 Å². The van der Waals surface area contributed by atoms with Gasteiger partial charge in [0, 0.05) is 38.2 Å². The third kappa shape index (κ3) is 5.44. The maximum absolute atomic E-state index is 13.3. The fraction of sp³-hybridized carbons (Fsp3) is 0.682. The summed E-state index contributed by atoms with van der Waals surface area (Å²) in [5.41, 5.74) is 0.0841. The Kier molecular flexibility index (Phi) is 6.91. The van der Waals surface area contributed by atoms with Gasteiger partial charge in [0.15, 0.2) is 0 Å². The highest BCUT2D eigenvalue weighted by molar-refractivity contribution is 5.93. The molecule has 1 aromatic rings. The number of anilines is 2. The van der Waals surface area contributed by atoms with Gasteiger partial charge in [0.05, 0.1) is 23.5 Å². The number of carbonyl (C=O) groups is 1. The number of amides is 2. The van der Waals surface area contributed by atoms with Gasteiger partial charge in [-0.05, 0) is 63.4 Å². The fourth-order valence-corrected chi connectivity index (χ4v) is 4.93. The molecule has 4 rings (SSSR count). The first-order valence-electron chi connectivity index (χ1n) is 11.2. The van der Waals surface area contributed by atoms with Gasteiger partial charge in [-0.25, -0.2) is 4.79 Å². The molecule has 0 aliphatic carbocycles. The maximum Gasteiger partial charge on any atom is 0.416 e. The fourth-order valence-electron chi connectivity index (χ4n) is 4.93. The Balaban J connectivity index is 1.45. The van der Waals surface area contributed by atoms with Gasteiger partial charge in [0.1, 0.15) is 0 Å². The van der Waals surface area contributed by atoms with Gasteiger partial charge in [-0.15, -0.1) is 0 Å². The zero-order valence-electron chi connectivity index (χ0n) is 17.7. The van der Waals surface area contributed by atoms with Crippen LogP contribution < -0.4 is 15.5 Å². The van der Waals surface area contributed by atoms with Crippen LogP contribution in [0, 0.1) is 5.92 Å². The predicted octanol–water partition coefficient (Wildman–Crippen LogP) is 3.93. The lowest BCUT2D eigenvalue weighted by atomic mass is 9.97. The SMILES string of the molecule is O=C(NC[C@@H]([C@H]1CCOC1)N1CCCC1)Nc1cc(C(F)(F)F)ccc1N1CCCC1. The van der Waals surface area contributed by atoms with E-state index < -0.39 is 17.8 Å². The van der Waals surface area contributed by atoms with Crippen molar-refractivity contribution in [3.05, 3.63) is 23.8 Å². The molecule has 2 amide bonds. The molecule has 0 saturated carbocycles. The zero-order valence-corrected chi connectivity index (χ0v) is 17.7. The lowest BCUT2D eigenvalue weighted by Crippen LogP contribution is -2.48. The Morgan fingerprint density at radius 1 is 1.13 bits per heavy atom. The number of likely N-dealkylation sites (tertiary alicyclic amines) is 1. The van der Waals surface area contributed by atoms with Crippen molar-refractivity contribution in [3.63, 3.8) is 0 Å². The van der Waals surface area contributed by atoms with E-state index in [2.05, 4.69) is 15.5 Å². The molecule has 0 aromatic heterocycles. The molecule has 2 N–H and O–H groups in total. The molecule has 6 nitrogen and oxygen atoms in total. The van der Waals surface area contributed by atoms with Gasteiger partial charge >= 0.3 is 12.2 Å². The highest BCUT2D eigenvalue weighted by Gasteiger charge is 2.33. The largest absolute Gasteiger partial charge is 0.416 e. The number of benzene rings is 1. The summed E-state index contributed by atoms with van der Waals surface area (Å²) in [5, 5.41) is 5.61. The number of nitrogens with zero attached hydrogens (tertiary/aromatic N) is 2. The summed E-state index contributed by atoms with van der Waals surface area (Å²) in [6.45, 7) is 5.47. The number of urea groups is 1. The first-order chi connectivity index (χ1) is 14.9. The number of alkyl halides is 3. The van der Waals surface area contributed by atoms with Crippen LogP contribution in [0.3, 0.4) is 0 Å². The summed E-state index contributed by atoms with van der Waals surface area (Å²) in [7, 11) is 0. The quantitative estimate of drug-likeness (QED) is 0.704. The van der Waals surface area contributed by atoms with Crippen LogP contribution >= 0.6 is 0 Å². The van der Waals surface area contributed by atoms with Gasteiger partial charge < -0.3 is 20.3 Å². The van der Waals surface area contributed by atoms with E-state index in [1.165, 1.54) is 6.07 Å². The number of nitrogens with one attached hydrogen (secondary N) is 2. The molecular formula is C22H31F3N4O2. The Morgan fingerprint density at radius 3 is 2.48 bits per heavy atom. The van der Waals surface area contributed by atoms with E-state index in [1.807, 2.05) is 4.90 Å². The summed E-state index contributed by atoms with van der Waals surface area (Å²) in [6, 6.07) is 3.31. The van der Waals surface area contributed by atoms with Gasteiger partial charge in [0.25, 0.3) is 0 Å². The number of halogens is 3. The first kappa shape index (κ1) is 22.2. The van der Waals surface area contributed by atoms with Crippen LogP contribution in [0.5, 0.6) is 0 Å². The molecule has 3 fully saturated rings. The van der Waals surface area contributed by atoms with E-state index in [0.29, 0.717) is 24.8 Å². The average molecular weight is 441 g/mol. The molecule has 3 aliphatic rings. The van der Waals surface area contributed by atoms with E-state index >= 15 is 0 Å². The van der Waals surface area contributed by atoms with E-state index in [1.54, 1.807) is 0 Å². The van der Waals surface area contributed by atoms with Gasteiger partial charge in [0.2, 0.25) is 0 Å². The van der Waals surface area contributed by atoms with Crippen molar-refractivity contribution in [1.82, 2.24) is 10.2 Å². The number of ether oxygens (including phenoxy) is 1. The van der Waals surface area contributed by atoms with Crippen molar-refractivity contribution in [1.29, 1.82) is 0 Å². The van der Waals surface area contributed by atoms with Crippen molar-refractivity contribution in [3.8, 4) is 0 Å². The molecule has 2 atom stereocenters. The van der Waals surface area contributed by atoms with Crippen molar-refractivity contribution in [2.24, 2.45) is 5.92 Å². The van der Waals surface area contributed by atoms with Crippen LogP contribution in [0.2, 0.25) is 0 Å². The summed E-state index contributed by atoms with van der Waals surface area (Å²) in [4.78, 5) is 17.1. The van der Waals surface area contributed by atoms with E-state index in [9.17, 15) is 18.0 Å². The average Bonchev–Trinajstić information content (AvgIpc) is 3.50. The van der Waals surface area contributed by atoms with Crippen LogP contribution in [0.15, 0.2) is 18.2 Å². The molecule has 0 spiro atoms. The summed E-state index contributed by atoms with van der Waals surface area (Å²) in [5.74, 6) is 0.368. The molecule has 9 heteroatoms. The van der Waals surface area contributed by atoms with Crippen LogP contribution in [-0.2, 0) is 10.9 Å².